The van der Waals surface area contributed by atoms with E-state index in [4.69, 9.17) is 4.74 Å². The molecule has 3 nitrogen and oxygen atoms in total. The number of amides is 1. The molecule has 1 atom stereocenters. The fourth-order valence-electron chi connectivity index (χ4n) is 2.13. The second-order valence-corrected chi connectivity index (χ2v) is 5.19. The van der Waals surface area contributed by atoms with Crippen molar-refractivity contribution in [2.45, 2.75) is 26.2 Å². The molecular weight excluding hydrogens is 281 g/mol. The highest BCUT2D eigenvalue weighted by molar-refractivity contribution is 5.92. The molecule has 0 bridgehead atoms. The molecule has 0 spiro atoms. The van der Waals surface area contributed by atoms with Gasteiger partial charge in [0.05, 0.1) is 0 Å². The van der Waals surface area contributed by atoms with Crippen molar-refractivity contribution in [3.63, 3.8) is 0 Å². The van der Waals surface area contributed by atoms with E-state index >= 15 is 0 Å². The van der Waals surface area contributed by atoms with Crippen LogP contribution in [-0.4, -0.2) is 12.5 Å². The summed E-state index contributed by atoms with van der Waals surface area (Å²) in [4.78, 5) is 12.0. The Balaban J connectivity index is 1.96. The zero-order valence-corrected chi connectivity index (χ0v) is 12.8. The molecule has 0 aromatic heterocycles. The first-order chi connectivity index (χ1) is 10.6. The van der Waals surface area contributed by atoms with Gasteiger partial charge in [0.25, 0.3) is 5.91 Å². The van der Waals surface area contributed by atoms with Gasteiger partial charge >= 0.3 is 0 Å². The molecule has 22 heavy (non-hydrogen) atoms. The van der Waals surface area contributed by atoms with Crippen LogP contribution in [0.4, 0.5) is 10.1 Å². The highest BCUT2D eigenvalue weighted by Crippen LogP contribution is 2.26. The average molecular weight is 301 g/mol. The third-order valence-electron chi connectivity index (χ3n) is 3.56. The standard InChI is InChI=1S/C18H20FNO2/c1-3-13(2)16-6-4-5-7-17(16)20-18(21)12-22-15-10-8-14(19)9-11-15/h4-11,13H,3,12H2,1-2H3,(H,20,21). The minimum Gasteiger partial charge on any atom is -0.484 e. The van der Waals surface area contributed by atoms with Crippen molar-refractivity contribution < 1.29 is 13.9 Å². The van der Waals surface area contributed by atoms with Crippen LogP contribution >= 0.6 is 0 Å². The van der Waals surface area contributed by atoms with Gasteiger partial charge in [-0.1, -0.05) is 32.0 Å². The third kappa shape index (κ3) is 4.32. The van der Waals surface area contributed by atoms with Gasteiger partial charge in [-0.2, -0.15) is 0 Å². The molecule has 0 saturated heterocycles. The van der Waals surface area contributed by atoms with E-state index in [2.05, 4.69) is 19.2 Å². The fraction of sp³-hybridized carbons (Fsp3) is 0.278. The number of rotatable bonds is 6. The van der Waals surface area contributed by atoms with Crippen LogP contribution in [0, 0.1) is 5.82 Å². The van der Waals surface area contributed by atoms with E-state index < -0.39 is 0 Å². The summed E-state index contributed by atoms with van der Waals surface area (Å²) in [7, 11) is 0. The van der Waals surface area contributed by atoms with Crippen molar-refractivity contribution in [1.29, 1.82) is 0 Å². The molecule has 0 heterocycles. The summed E-state index contributed by atoms with van der Waals surface area (Å²) in [6.07, 6.45) is 0.999. The van der Waals surface area contributed by atoms with E-state index in [-0.39, 0.29) is 18.3 Å². The number of hydrogen-bond acceptors (Lipinski definition) is 2. The average Bonchev–Trinajstić information content (AvgIpc) is 2.54. The van der Waals surface area contributed by atoms with Crippen molar-refractivity contribution in [2.24, 2.45) is 0 Å². The maximum atomic E-state index is 12.8. The molecule has 4 heteroatoms. The number of anilines is 1. The van der Waals surface area contributed by atoms with Crippen LogP contribution in [0.15, 0.2) is 48.5 Å². The van der Waals surface area contributed by atoms with E-state index in [9.17, 15) is 9.18 Å². The summed E-state index contributed by atoms with van der Waals surface area (Å²) < 4.78 is 18.1. The lowest BCUT2D eigenvalue weighted by molar-refractivity contribution is -0.118. The van der Waals surface area contributed by atoms with E-state index in [0.717, 1.165) is 17.7 Å². The molecule has 0 fully saturated rings. The molecule has 116 valence electrons. The Labute approximate surface area is 130 Å². The van der Waals surface area contributed by atoms with Crippen LogP contribution in [0.5, 0.6) is 5.75 Å². The van der Waals surface area contributed by atoms with E-state index in [1.807, 2.05) is 24.3 Å². The number of nitrogens with one attached hydrogen (secondary N) is 1. The molecule has 2 aromatic rings. The first-order valence-corrected chi connectivity index (χ1v) is 7.37. The zero-order valence-electron chi connectivity index (χ0n) is 12.8. The van der Waals surface area contributed by atoms with Crippen LogP contribution < -0.4 is 10.1 Å². The molecule has 2 rings (SSSR count). The SMILES string of the molecule is CCC(C)c1ccccc1NC(=O)COc1ccc(F)cc1. The Bertz CT molecular complexity index is 625. The van der Waals surface area contributed by atoms with Crippen LogP contribution in [-0.2, 0) is 4.79 Å². The Morgan fingerprint density at radius 2 is 1.86 bits per heavy atom. The molecule has 0 aliphatic rings. The first-order valence-electron chi connectivity index (χ1n) is 7.37. The zero-order chi connectivity index (χ0) is 15.9. The van der Waals surface area contributed by atoms with Gasteiger partial charge in [-0.05, 0) is 48.2 Å². The number of benzene rings is 2. The van der Waals surface area contributed by atoms with Gasteiger partial charge in [-0.15, -0.1) is 0 Å². The molecule has 0 aliphatic carbocycles. The lowest BCUT2D eigenvalue weighted by atomic mass is 9.97. The number of carbonyl (C=O) groups is 1. The summed E-state index contributed by atoms with van der Waals surface area (Å²) in [5.74, 6) is 0.264. The number of para-hydroxylation sites is 1. The highest BCUT2D eigenvalue weighted by Gasteiger charge is 2.11. The fourth-order valence-corrected chi connectivity index (χ4v) is 2.13. The topological polar surface area (TPSA) is 38.3 Å². The normalized spacial score (nSPS) is 11.8. The third-order valence-corrected chi connectivity index (χ3v) is 3.56. The number of halogens is 1. The molecule has 0 aliphatic heterocycles. The summed E-state index contributed by atoms with van der Waals surface area (Å²) in [5, 5.41) is 2.87. The number of ether oxygens (including phenoxy) is 1. The van der Waals surface area contributed by atoms with Crippen LogP contribution in [0.2, 0.25) is 0 Å². The maximum absolute atomic E-state index is 12.8. The van der Waals surface area contributed by atoms with Crippen LogP contribution in [0.25, 0.3) is 0 Å². The summed E-state index contributed by atoms with van der Waals surface area (Å²) >= 11 is 0. The van der Waals surface area contributed by atoms with E-state index in [1.54, 1.807) is 0 Å². The molecule has 1 N–H and O–H groups in total. The Morgan fingerprint density at radius 1 is 1.18 bits per heavy atom. The monoisotopic (exact) mass is 301 g/mol. The molecule has 1 unspecified atom stereocenters. The highest BCUT2D eigenvalue weighted by atomic mass is 19.1. The minimum absolute atomic E-state index is 0.111. The first kappa shape index (κ1) is 16.0. The molecule has 0 saturated carbocycles. The van der Waals surface area contributed by atoms with Gasteiger partial charge < -0.3 is 10.1 Å². The maximum Gasteiger partial charge on any atom is 0.262 e. The van der Waals surface area contributed by atoms with Crippen LogP contribution in [0.3, 0.4) is 0 Å². The minimum atomic E-state index is -0.334. The predicted octanol–water partition coefficient (Wildman–Crippen LogP) is 4.36. The molecular formula is C18H20FNO2. The van der Waals surface area contributed by atoms with Crippen molar-refractivity contribution in [3.05, 3.63) is 59.9 Å². The quantitative estimate of drug-likeness (QED) is 0.861. The predicted molar refractivity (Wildman–Crippen MR) is 85.7 cm³/mol. The Kier molecular flexibility index (Phi) is 5.53. The van der Waals surface area contributed by atoms with Gasteiger partial charge in [0, 0.05) is 5.69 Å². The number of hydrogen-bond donors (Lipinski definition) is 1. The van der Waals surface area contributed by atoms with Crippen molar-refractivity contribution in [2.75, 3.05) is 11.9 Å². The lowest BCUT2D eigenvalue weighted by Crippen LogP contribution is -2.21. The molecule has 1 amide bonds. The second-order valence-electron chi connectivity index (χ2n) is 5.19. The molecule has 2 aromatic carbocycles. The smallest absolute Gasteiger partial charge is 0.262 e. The Hall–Kier alpha value is -2.36. The van der Waals surface area contributed by atoms with E-state index in [1.165, 1.54) is 24.3 Å². The van der Waals surface area contributed by atoms with Crippen LogP contribution in [0.1, 0.15) is 31.7 Å². The van der Waals surface area contributed by atoms with Gasteiger partial charge in [0.2, 0.25) is 0 Å². The summed E-state index contributed by atoms with van der Waals surface area (Å²) in [5.41, 5.74) is 1.92. The lowest BCUT2D eigenvalue weighted by Gasteiger charge is -2.15. The van der Waals surface area contributed by atoms with Crippen molar-refractivity contribution >= 4 is 11.6 Å². The van der Waals surface area contributed by atoms with Gasteiger partial charge in [-0.25, -0.2) is 4.39 Å². The van der Waals surface area contributed by atoms with E-state index in [0.29, 0.717) is 11.7 Å². The second kappa shape index (κ2) is 7.59. The summed E-state index contributed by atoms with van der Waals surface area (Å²) in [6.45, 7) is 4.13. The van der Waals surface area contributed by atoms with Gasteiger partial charge in [-0.3, -0.25) is 4.79 Å². The van der Waals surface area contributed by atoms with Crippen molar-refractivity contribution in [1.82, 2.24) is 0 Å². The van der Waals surface area contributed by atoms with Gasteiger partial charge in [0.15, 0.2) is 6.61 Å². The molecule has 0 radical (unpaired) electrons. The number of carbonyl (C=O) groups excluding carboxylic acids is 1. The summed E-state index contributed by atoms with van der Waals surface area (Å²) in [6, 6.07) is 13.3. The van der Waals surface area contributed by atoms with Crippen molar-refractivity contribution in [3.8, 4) is 5.75 Å². The van der Waals surface area contributed by atoms with Gasteiger partial charge in [0.1, 0.15) is 11.6 Å². The largest absolute Gasteiger partial charge is 0.484 e. The Morgan fingerprint density at radius 3 is 2.55 bits per heavy atom.